The first-order chi connectivity index (χ1) is 11.3. The average molecular weight is 379 g/mol. The van der Waals surface area contributed by atoms with Crippen molar-refractivity contribution in [3.8, 4) is 0 Å². The molecule has 0 atom stereocenters. The summed E-state index contributed by atoms with van der Waals surface area (Å²) in [5.41, 5.74) is 0. The fraction of sp³-hybridized carbons (Fsp3) is 0.500. The van der Waals surface area contributed by atoms with Gasteiger partial charge in [-0.1, -0.05) is 25.7 Å². The van der Waals surface area contributed by atoms with Gasteiger partial charge < -0.3 is 0 Å². The summed E-state index contributed by atoms with van der Waals surface area (Å²) in [6, 6.07) is 0. The van der Waals surface area contributed by atoms with Gasteiger partial charge in [-0.2, -0.15) is 0 Å². The minimum atomic E-state index is -0.556. The molecule has 0 bridgehead atoms. The van der Waals surface area contributed by atoms with Gasteiger partial charge in [0.15, 0.2) is 0 Å². The van der Waals surface area contributed by atoms with Crippen molar-refractivity contribution in [1.29, 1.82) is 0 Å². The number of fused-ring (bicyclic) bond motifs is 2. The van der Waals surface area contributed by atoms with Gasteiger partial charge in [-0.25, -0.2) is 0 Å². The summed E-state index contributed by atoms with van der Waals surface area (Å²) in [5, 5.41) is 0. The molecule has 4 aliphatic carbocycles. The van der Waals surface area contributed by atoms with Crippen molar-refractivity contribution < 1.29 is 17.0 Å². The van der Waals surface area contributed by atoms with E-state index in [9.17, 15) is 0 Å². The topological polar surface area (TPSA) is 0 Å². The first-order valence-corrected chi connectivity index (χ1v) is 12.8. The van der Waals surface area contributed by atoms with E-state index in [4.69, 9.17) is 18.6 Å². The Morgan fingerprint density at radius 2 is 1.04 bits per heavy atom. The molecule has 0 aromatic heterocycles. The van der Waals surface area contributed by atoms with E-state index in [0.29, 0.717) is 0 Å². The van der Waals surface area contributed by atoms with Crippen molar-refractivity contribution in [3.63, 3.8) is 0 Å². The SMILES string of the molecule is [C]1[C][C](CC[C]2[C][C][C]3CCCC[C]32)[C]2CCCC[C]12.[Cl][Ti][Cl]. The summed E-state index contributed by atoms with van der Waals surface area (Å²) in [6.07, 6.45) is 26.1. The van der Waals surface area contributed by atoms with Crippen LogP contribution in [0.2, 0.25) is 0 Å². The van der Waals surface area contributed by atoms with Gasteiger partial charge in [0.2, 0.25) is 0 Å². The van der Waals surface area contributed by atoms with Crippen molar-refractivity contribution >= 4 is 18.6 Å². The molecule has 4 saturated carbocycles. The Labute approximate surface area is 160 Å². The van der Waals surface area contributed by atoms with Gasteiger partial charge in [-0.15, -0.1) is 0 Å². The Kier molecular flexibility index (Phi) is 8.16. The second-order valence-electron chi connectivity index (χ2n) is 6.36. The molecule has 0 spiro atoms. The predicted octanol–water partition coefficient (Wildman–Crippen LogP) is 6.09. The second-order valence-corrected chi connectivity index (χ2v) is 8.94. The molecule has 0 unspecified atom stereocenters. The van der Waals surface area contributed by atoms with Crippen LogP contribution in [0, 0.1) is 61.2 Å². The van der Waals surface area contributed by atoms with E-state index in [1.807, 2.05) is 0 Å². The quantitative estimate of drug-likeness (QED) is 0.521. The van der Waals surface area contributed by atoms with Crippen LogP contribution in [0.25, 0.3) is 0 Å². The molecule has 0 aliphatic heterocycles. The van der Waals surface area contributed by atoms with Gasteiger partial charge in [0.05, 0.1) is 0 Å². The van der Waals surface area contributed by atoms with Crippen LogP contribution < -0.4 is 0 Å². The van der Waals surface area contributed by atoms with Crippen LogP contribution in [-0.2, 0) is 17.0 Å². The summed E-state index contributed by atoms with van der Waals surface area (Å²) >= 11 is -0.556. The molecule has 0 aromatic rings. The zero-order chi connectivity index (χ0) is 16.1. The van der Waals surface area contributed by atoms with Crippen molar-refractivity contribution in [2.45, 2.75) is 64.2 Å². The molecule has 118 valence electrons. The average Bonchev–Trinajstić information content (AvgIpc) is 3.18. The van der Waals surface area contributed by atoms with Crippen molar-refractivity contribution in [3.05, 3.63) is 61.2 Å². The van der Waals surface area contributed by atoms with E-state index in [0.717, 1.165) is 12.8 Å². The fourth-order valence-corrected chi connectivity index (χ4v) is 3.88. The van der Waals surface area contributed by atoms with Gasteiger partial charge in [0.1, 0.15) is 0 Å². The maximum absolute atomic E-state index is 4.89. The van der Waals surface area contributed by atoms with E-state index in [1.165, 1.54) is 75.0 Å². The van der Waals surface area contributed by atoms with Gasteiger partial charge in [-0.3, -0.25) is 0 Å². The summed E-state index contributed by atoms with van der Waals surface area (Å²) in [7, 11) is 9.78. The Hall–Kier alpha value is 1.29. The molecule has 4 rings (SSSR count). The Balaban J connectivity index is 0.000000485. The Bertz CT molecular complexity index is 317. The normalized spacial score (nSPS) is 28.3. The van der Waals surface area contributed by atoms with E-state index in [2.05, 4.69) is 25.7 Å². The molecule has 0 N–H and O–H groups in total. The summed E-state index contributed by atoms with van der Waals surface area (Å²) in [4.78, 5) is 0. The molecule has 4 aliphatic rings. The third-order valence-corrected chi connectivity index (χ3v) is 5.02. The molecule has 23 heavy (non-hydrogen) atoms. The molecule has 0 amide bonds. The summed E-state index contributed by atoms with van der Waals surface area (Å²) in [5.74, 6) is 8.90. The van der Waals surface area contributed by atoms with Crippen LogP contribution >= 0.6 is 18.6 Å². The van der Waals surface area contributed by atoms with Crippen LogP contribution in [0.15, 0.2) is 0 Å². The van der Waals surface area contributed by atoms with Crippen LogP contribution in [0.5, 0.6) is 0 Å². The molecule has 3 heteroatoms. The summed E-state index contributed by atoms with van der Waals surface area (Å²) < 4.78 is 0. The maximum atomic E-state index is 4.89. The number of halogens is 2. The molecule has 0 aromatic carbocycles. The first kappa shape index (κ1) is 19.1. The van der Waals surface area contributed by atoms with Crippen molar-refractivity contribution in [1.82, 2.24) is 0 Å². The number of rotatable bonds is 3. The third-order valence-electron chi connectivity index (χ3n) is 5.02. The van der Waals surface area contributed by atoms with E-state index in [-0.39, 0.29) is 0 Å². The molecular formula is C20H20Cl2Ti. The van der Waals surface area contributed by atoms with Gasteiger partial charge in [0.25, 0.3) is 0 Å². The third kappa shape index (κ3) is 4.93. The van der Waals surface area contributed by atoms with E-state index >= 15 is 0 Å². The Morgan fingerprint density at radius 1 is 0.652 bits per heavy atom. The first-order valence-electron chi connectivity index (χ1n) is 8.50. The van der Waals surface area contributed by atoms with Crippen LogP contribution in [0.3, 0.4) is 0 Å². The second kappa shape index (κ2) is 9.84. The molecule has 4 fully saturated rings. The zero-order valence-electron chi connectivity index (χ0n) is 13.3. The van der Waals surface area contributed by atoms with E-state index in [1.54, 1.807) is 11.8 Å². The van der Waals surface area contributed by atoms with Gasteiger partial charge in [0, 0.05) is 0 Å². The van der Waals surface area contributed by atoms with Crippen molar-refractivity contribution in [2.75, 3.05) is 0 Å². The molecule has 0 heterocycles. The molecule has 0 nitrogen and oxygen atoms in total. The standard InChI is InChI=1S/C20H20.2ClH.Ti/c1-3-7-19-15(5-1)9-11-17(19)13-14-18-12-10-16-6-2-4-8-20(16)18;;;/h1-8,13-14H2;2*1H;/q;;;+2/p-2. The van der Waals surface area contributed by atoms with Crippen molar-refractivity contribution in [2.24, 2.45) is 0 Å². The van der Waals surface area contributed by atoms with Gasteiger partial charge in [-0.05, 0) is 99.7 Å². The molecule has 14 radical (unpaired) electrons. The fourth-order valence-electron chi connectivity index (χ4n) is 3.88. The van der Waals surface area contributed by atoms with Gasteiger partial charge >= 0.3 is 35.6 Å². The predicted molar refractivity (Wildman–Crippen MR) is 90.3 cm³/mol. The van der Waals surface area contributed by atoms with Crippen LogP contribution in [-0.4, -0.2) is 0 Å². The van der Waals surface area contributed by atoms with Crippen LogP contribution in [0.1, 0.15) is 64.2 Å². The minimum absolute atomic E-state index is 0.556. The zero-order valence-corrected chi connectivity index (χ0v) is 16.4. The van der Waals surface area contributed by atoms with E-state index < -0.39 is 17.0 Å². The van der Waals surface area contributed by atoms with Crippen LogP contribution in [0.4, 0.5) is 0 Å². The monoisotopic (exact) mass is 378 g/mol. The number of hydrogen-bond acceptors (Lipinski definition) is 0. The molecular weight excluding hydrogens is 359 g/mol. The number of hydrogen-bond donors (Lipinski definition) is 0. The Morgan fingerprint density at radius 3 is 1.48 bits per heavy atom. The molecule has 0 saturated heterocycles. The summed E-state index contributed by atoms with van der Waals surface area (Å²) in [6.45, 7) is 0.